The molecule has 0 bridgehead atoms. The lowest BCUT2D eigenvalue weighted by Crippen LogP contribution is -2.08. The van der Waals surface area contributed by atoms with Crippen molar-refractivity contribution in [3.63, 3.8) is 0 Å². The highest BCUT2D eigenvalue weighted by atomic mass is 16.5. The van der Waals surface area contributed by atoms with E-state index in [1.165, 1.54) is 6.07 Å². The predicted molar refractivity (Wildman–Crippen MR) is 58.8 cm³/mol. The second-order valence-corrected chi connectivity index (χ2v) is 3.53. The molecule has 0 amide bonds. The van der Waals surface area contributed by atoms with Crippen LogP contribution in [0.15, 0.2) is 12.1 Å². The number of carbonyl (C=O) groups excluding carboxylic acids is 2. The topological polar surface area (TPSA) is 63.6 Å². The summed E-state index contributed by atoms with van der Waals surface area (Å²) in [6, 6.07) is 2.83. The first-order valence-electron chi connectivity index (χ1n) is 5.08. The van der Waals surface area contributed by atoms with Crippen molar-refractivity contribution >= 4 is 12.3 Å². The van der Waals surface area contributed by atoms with E-state index in [1.54, 1.807) is 13.0 Å². The first kappa shape index (κ1) is 12.2. The fraction of sp³-hybridized carbons (Fsp3) is 0.333. The molecule has 0 atom stereocenters. The molecule has 0 saturated carbocycles. The maximum atomic E-state index is 11.3. The maximum absolute atomic E-state index is 11.3. The molecule has 86 valence electrons. The van der Waals surface area contributed by atoms with Gasteiger partial charge < -0.3 is 9.84 Å². The van der Waals surface area contributed by atoms with Crippen LogP contribution in [0.2, 0.25) is 0 Å². The smallest absolute Gasteiger partial charge is 0.311 e. The van der Waals surface area contributed by atoms with E-state index >= 15 is 0 Å². The molecule has 0 saturated heterocycles. The van der Waals surface area contributed by atoms with Gasteiger partial charge in [-0.1, -0.05) is 6.92 Å². The molecule has 0 aromatic heterocycles. The highest BCUT2D eigenvalue weighted by Gasteiger charge is 2.12. The summed E-state index contributed by atoms with van der Waals surface area (Å²) in [5.74, 6) is -0.449. The zero-order valence-electron chi connectivity index (χ0n) is 9.32. The summed E-state index contributed by atoms with van der Waals surface area (Å²) < 4.78 is 5.01. The number of phenols is 1. The first-order chi connectivity index (χ1) is 7.58. The van der Waals surface area contributed by atoms with E-state index in [0.29, 0.717) is 30.3 Å². The third-order valence-corrected chi connectivity index (χ3v) is 2.08. The van der Waals surface area contributed by atoms with Gasteiger partial charge in [-0.3, -0.25) is 9.59 Å². The summed E-state index contributed by atoms with van der Waals surface area (Å²) in [7, 11) is 0. The van der Waals surface area contributed by atoms with Crippen LogP contribution in [0.4, 0.5) is 0 Å². The van der Waals surface area contributed by atoms with Gasteiger partial charge in [0.1, 0.15) is 6.29 Å². The molecule has 1 aromatic carbocycles. The molecule has 1 rings (SSSR count). The molecule has 1 aromatic rings. The number of benzene rings is 1. The minimum atomic E-state index is -0.389. The number of aryl methyl sites for hydroxylation is 1. The van der Waals surface area contributed by atoms with Gasteiger partial charge in [0.2, 0.25) is 0 Å². The van der Waals surface area contributed by atoms with Crippen molar-refractivity contribution in [3.05, 3.63) is 23.3 Å². The minimum Gasteiger partial charge on any atom is -0.504 e. The Morgan fingerprint density at radius 3 is 2.69 bits per heavy atom. The monoisotopic (exact) mass is 222 g/mol. The van der Waals surface area contributed by atoms with Crippen LogP contribution < -0.4 is 4.74 Å². The average molecular weight is 222 g/mol. The molecule has 16 heavy (non-hydrogen) atoms. The molecule has 0 heterocycles. The quantitative estimate of drug-likeness (QED) is 0.482. The van der Waals surface area contributed by atoms with Gasteiger partial charge in [0.25, 0.3) is 0 Å². The second-order valence-electron chi connectivity index (χ2n) is 3.53. The molecular formula is C12H14O4. The second kappa shape index (κ2) is 5.30. The van der Waals surface area contributed by atoms with E-state index in [1.807, 2.05) is 6.92 Å². The molecule has 0 aliphatic carbocycles. The number of hydrogen-bond acceptors (Lipinski definition) is 4. The Kier molecular flexibility index (Phi) is 4.05. The highest BCUT2D eigenvalue weighted by Crippen LogP contribution is 2.31. The van der Waals surface area contributed by atoms with Crippen molar-refractivity contribution in [2.75, 3.05) is 0 Å². The number of rotatable bonds is 4. The largest absolute Gasteiger partial charge is 0.504 e. The summed E-state index contributed by atoms with van der Waals surface area (Å²) >= 11 is 0. The lowest BCUT2D eigenvalue weighted by molar-refractivity contribution is -0.134. The van der Waals surface area contributed by atoms with Gasteiger partial charge in [-0.2, -0.15) is 0 Å². The Hall–Kier alpha value is -1.84. The van der Waals surface area contributed by atoms with Gasteiger partial charge in [0.05, 0.1) is 0 Å². The molecule has 0 spiro atoms. The number of carbonyl (C=O) groups is 2. The molecular weight excluding hydrogens is 208 g/mol. The average Bonchev–Trinajstić information content (AvgIpc) is 2.23. The number of hydrogen-bond donors (Lipinski definition) is 1. The van der Waals surface area contributed by atoms with Gasteiger partial charge in [0, 0.05) is 12.0 Å². The summed E-state index contributed by atoms with van der Waals surface area (Å²) in [6.45, 7) is 3.53. The fourth-order valence-corrected chi connectivity index (χ4v) is 1.35. The summed E-state index contributed by atoms with van der Waals surface area (Å²) in [4.78, 5) is 21.8. The van der Waals surface area contributed by atoms with Crippen LogP contribution in [-0.4, -0.2) is 17.4 Å². The summed E-state index contributed by atoms with van der Waals surface area (Å²) in [6.07, 6.45) is 1.61. The van der Waals surface area contributed by atoms with E-state index in [4.69, 9.17) is 4.74 Å². The molecule has 0 unspecified atom stereocenters. The van der Waals surface area contributed by atoms with Gasteiger partial charge >= 0.3 is 5.97 Å². The Balaban J connectivity index is 2.96. The number of phenolic OH excluding ortho intramolecular Hbond substituents is 1. The summed E-state index contributed by atoms with van der Waals surface area (Å²) in [5.41, 5.74) is 0.914. The van der Waals surface area contributed by atoms with Gasteiger partial charge in [-0.15, -0.1) is 0 Å². The van der Waals surface area contributed by atoms with Crippen molar-refractivity contribution < 1.29 is 19.4 Å². The Bertz CT molecular complexity index is 386. The predicted octanol–water partition coefficient (Wildman–Crippen LogP) is 2.22. The Morgan fingerprint density at radius 2 is 2.19 bits per heavy atom. The van der Waals surface area contributed by atoms with Crippen LogP contribution >= 0.6 is 0 Å². The Morgan fingerprint density at radius 1 is 1.50 bits per heavy atom. The van der Waals surface area contributed by atoms with E-state index in [2.05, 4.69) is 0 Å². The zero-order valence-corrected chi connectivity index (χ0v) is 9.32. The van der Waals surface area contributed by atoms with Crippen molar-refractivity contribution in [1.82, 2.24) is 0 Å². The number of esters is 1. The number of aromatic hydroxyl groups is 1. The lowest BCUT2D eigenvalue weighted by Gasteiger charge is -2.09. The minimum absolute atomic E-state index is 0.129. The Labute approximate surface area is 93.9 Å². The first-order valence-corrected chi connectivity index (χ1v) is 5.08. The zero-order chi connectivity index (χ0) is 12.1. The van der Waals surface area contributed by atoms with Crippen LogP contribution in [0.1, 0.15) is 35.7 Å². The van der Waals surface area contributed by atoms with Crippen LogP contribution in [-0.2, 0) is 4.79 Å². The van der Waals surface area contributed by atoms with E-state index in [0.717, 1.165) is 0 Å². The third-order valence-electron chi connectivity index (χ3n) is 2.08. The van der Waals surface area contributed by atoms with E-state index < -0.39 is 0 Å². The molecule has 0 radical (unpaired) electrons. The van der Waals surface area contributed by atoms with Gasteiger partial charge in [-0.25, -0.2) is 0 Å². The van der Waals surface area contributed by atoms with Gasteiger partial charge in [-0.05, 0) is 31.0 Å². The fourth-order valence-electron chi connectivity index (χ4n) is 1.35. The maximum Gasteiger partial charge on any atom is 0.311 e. The van der Waals surface area contributed by atoms with Crippen LogP contribution in [0.25, 0.3) is 0 Å². The van der Waals surface area contributed by atoms with Crippen molar-refractivity contribution in [2.45, 2.75) is 26.7 Å². The highest BCUT2D eigenvalue weighted by molar-refractivity contribution is 5.79. The van der Waals surface area contributed by atoms with Crippen molar-refractivity contribution in [3.8, 4) is 11.5 Å². The third kappa shape index (κ3) is 2.82. The molecule has 4 nitrogen and oxygen atoms in total. The van der Waals surface area contributed by atoms with Gasteiger partial charge in [0.15, 0.2) is 11.5 Å². The summed E-state index contributed by atoms with van der Waals surface area (Å²) in [5, 5.41) is 9.58. The molecule has 0 fully saturated rings. The molecule has 4 heteroatoms. The van der Waals surface area contributed by atoms with E-state index in [-0.39, 0.29) is 17.5 Å². The standard InChI is InChI=1S/C12H14O4/c1-3-4-11(15)16-12-8(2)5-9(7-13)6-10(12)14/h5-7,14H,3-4H2,1-2H3. The van der Waals surface area contributed by atoms with E-state index in [9.17, 15) is 14.7 Å². The lowest BCUT2D eigenvalue weighted by atomic mass is 10.1. The van der Waals surface area contributed by atoms with Crippen LogP contribution in [0, 0.1) is 6.92 Å². The molecule has 0 aliphatic heterocycles. The normalized spacial score (nSPS) is 9.88. The molecule has 1 N–H and O–H groups in total. The van der Waals surface area contributed by atoms with Crippen molar-refractivity contribution in [2.24, 2.45) is 0 Å². The number of aldehydes is 1. The van der Waals surface area contributed by atoms with Crippen LogP contribution in [0.5, 0.6) is 11.5 Å². The molecule has 0 aliphatic rings. The SMILES string of the molecule is CCCC(=O)Oc1c(C)cc(C=O)cc1O. The number of ether oxygens (including phenoxy) is 1. The van der Waals surface area contributed by atoms with Crippen LogP contribution in [0.3, 0.4) is 0 Å². The van der Waals surface area contributed by atoms with Crippen molar-refractivity contribution in [1.29, 1.82) is 0 Å².